The van der Waals surface area contributed by atoms with Gasteiger partial charge in [-0.1, -0.05) is 18.5 Å². The summed E-state index contributed by atoms with van der Waals surface area (Å²) in [6.07, 6.45) is 4.73. The highest BCUT2D eigenvalue weighted by molar-refractivity contribution is 7.16. The zero-order valence-electron chi connectivity index (χ0n) is 9.98. The topological polar surface area (TPSA) is 29.9 Å². The Balaban J connectivity index is 2.15. The zero-order chi connectivity index (χ0) is 12.3. The van der Waals surface area contributed by atoms with Gasteiger partial charge in [-0.05, 0) is 18.7 Å². The molecule has 0 aliphatic rings. The molecule has 92 valence electrons. The van der Waals surface area contributed by atoms with Crippen molar-refractivity contribution in [2.45, 2.75) is 19.4 Å². The summed E-state index contributed by atoms with van der Waals surface area (Å²) in [4.78, 5) is 5.69. The lowest BCUT2D eigenvalue weighted by Crippen LogP contribution is -2.25. The Hall–Kier alpha value is -0.840. The molecule has 0 aliphatic carbocycles. The second kappa shape index (κ2) is 5.67. The summed E-state index contributed by atoms with van der Waals surface area (Å²) in [6.45, 7) is 3.04. The molecule has 2 aromatic heterocycles. The number of hydrogen-bond acceptors (Lipinski definition) is 3. The van der Waals surface area contributed by atoms with Gasteiger partial charge in [-0.25, -0.2) is 4.98 Å². The molecule has 0 aliphatic heterocycles. The molecule has 0 saturated carbocycles. The molecule has 3 nitrogen and oxygen atoms in total. The van der Waals surface area contributed by atoms with Crippen LogP contribution in [-0.2, 0) is 13.5 Å². The van der Waals surface area contributed by atoms with E-state index in [0.29, 0.717) is 0 Å². The minimum Gasteiger partial charge on any atom is -0.337 e. The molecule has 5 heteroatoms. The Morgan fingerprint density at radius 1 is 1.53 bits per heavy atom. The van der Waals surface area contributed by atoms with E-state index in [9.17, 15) is 0 Å². The Morgan fingerprint density at radius 2 is 2.35 bits per heavy atom. The van der Waals surface area contributed by atoms with E-state index < -0.39 is 0 Å². The predicted octanol–water partition coefficient (Wildman–Crippen LogP) is 3.03. The van der Waals surface area contributed by atoms with Gasteiger partial charge in [0.05, 0.1) is 10.4 Å². The molecule has 0 fully saturated rings. The van der Waals surface area contributed by atoms with Crippen LogP contribution < -0.4 is 5.32 Å². The van der Waals surface area contributed by atoms with Crippen LogP contribution in [0.2, 0.25) is 4.34 Å². The monoisotopic (exact) mass is 269 g/mol. The molecule has 0 radical (unpaired) electrons. The molecule has 0 spiro atoms. The first-order chi connectivity index (χ1) is 8.20. The maximum atomic E-state index is 5.95. The number of rotatable bonds is 5. The molecule has 0 amide bonds. The van der Waals surface area contributed by atoms with Crippen molar-refractivity contribution in [1.82, 2.24) is 14.9 Å². The van der Waals surface area contributed by atoms with Gasteiger partial charge in [0.1, 0.15) is 5.82 Å². The summed E-state index contributed by atoms with van der Waals surface area (Å²) in [5, 5.41) is 3.46. The first-order valence-corrected chi connectivity index (χ1v) is 6.85. The Bertz CT molecular complexity index is 478. The van der Waals surface area contributed by atoms with Crippen molar-refractivity contribution >= 4 is 22.9 Å². The lowest BCUT2D eigenvalue weighted by Gasteiger charge is -2.16. The van der Waals surface area contributed by atoms with E-state index in [2.05, 4.69) is 27.9 Å². The Labute approximate surface area is 110 Å². The first-order valence-electron chi connectivity index (χ1n) is 5.65. The summed E-state index contributed by atoms with van der Waals surface area (Å²) >= 11 is 7.59. The number of aryl methyl sites for hydroxylation is 1. The maximum Gasteiger partial charge on any atom is 0.125 e. The molecule has 17 heavy (non-hydrogen) atoms. The fourth-order valence-electron chi connectivity index (χ4n) is 1.88. The first kappa shape index (κ1) is 12.6. The lowest BCUT2D eigenvalue weighted by molar-refractivity contribution is 0.509. The van der Waals surface area contributed by atoms with Gasteiger partial charge in [0.25, 0.3) is 0 Å². The van der Waals surface area contributed by atoms with Crippen LogP contribution in [0.1, 0.15) is 23.7 Å². The van der Waals surface area contributed by atoms with E-state index in [1.165, 1.54) is 4.88 Å². The molecular formula is C12H16ClN3S. The molecule has 0 aromatic carbocycles. The van der Waals surface area contributed by atoms with Gasteiger partial charge in [0.2, 0.25) is 0 Å². The van der Waals surface area contributed by atoms with Gasteiger partial charge in [0, 0.05) is 30.7 Å². The number of nitrogens with one attached hydrogen (secondary N) is 1. The smallest absolute Gasteiger partial charge is 0.125 e. The quantitative estimate of drug-likeness (QED) is 0.904. The van der Waals surface area contributed by atoms with Crippen LogP contribution in [0.3, 0.4) is 0 Å². The minimum atomic E-state index is 0.245. The largest absolute Gasteiger partial charge is 0.337 e. The molecule has 2 heterocycles. The molecule has 1 atom stereocenters. The number of nitrogens with zero attached hydrogens (tertiary/aromatic N) is 2. The predicted molar refractivity (Wildman–Crippen MR) is 72.7 cm³/mol. The van der Waals surface area contributed by atoms with Gasteiger partial charge in [-0.15, -0.1) is 11.3 Å². The van der Waals surface area contributed by atoms with Gasteiger partial charge < -0.3 is 9.88 Å². The molecule has 0 bridgehead atoms. The fraction of sp³-hybridized carbons (Fsp3) is 0.417. The minimum absolute atomic E-state index is 0.245. The van der Waals surface area contributed by atoms with E-state index in [1.54, 1.807) is 11.3 Å². The van der Waals surface area contributed by atoms with Crippen LogP contribution in [0.4, 0.5) is 0 Å². The van der Waals surface area contributed by atoms with Crippen molar-refractivity contribution in [3.05, 3.63) is 39.6 Å². The Morgan fingerprint density at radius 3 is 2.88 bits per heavy atom. The van der Waals surface area contributed by atoms with Crippen LogP contribution in [0, 0.1) is 0 Å². The average Bonchev–Trinajstić information content (AvgIpc) is 2.87. The zero-order valence-corrected chi connectivity index (χ0v) is 11.6. The second-order valence-corrected chi connectivity index (χ2v) is 5.72. The SMILES string of the molecule is CCNC(Cc1ccc(Cl)s1)c1nccn1C. The molecule has 0 saturated heterocycles. The normalized spacial score (nSPS) is 12.9. The third kappa shape index (κ3) is 3.09. The highest BCUT2D eigenvalue weighted by atomic mass is 35.5. The molecule has 2 aromatic rings. The summed E-state index contributed by atoms with van der Waals surface area (Å²) in [7, 11) is 2.02. The van der Waals surface area contributed by atoms with Gasteiger partial charge in [-0.2, -0.15) is 0 Å². The van der Waals surface area contributed by atoms with E-state index in [1.807, 2.05) is 25.5 Å². The van der Waals surface area contributed by atoms with E-state index >= 15 is 0 Å². The fourth-order valence-corrected chi connectivity index (χ4v) is 3.01. The van der Waals surface area contributed by atoms with Crippen molar-refractivity contribution in [1.29, 1.82) is 0 Å². The van der Waals surface area contributed by atoms with Crippen molar-refractivity contribution in [3.8, 4) is 0 Å². The lowest BCUT2D eigenvalue weighted by atomic mass is 10.1. The van der Waals surface area contributed by atoms with Crippen LogP contribution in [-0.4, -0.2) is 16.1 Å². The molecular weight excluding hydrogens is 254 g/mol. The summed E-state index contributed by atoms with van der Waals surface area (Å²) in [6, 6.07) is 4.28. The van der Waals surface area contributed by atoms with Crippen LogP contribution in [0.15, 0.2) is 24.5 Å². The van der Waals surface area contributed by atoms with E-state index in [-0.39, 0.29) is 6.04 Å². The van der Waals surface area contributed by atoms with Crippen molar-refractivity contribution in [2.75, 3.05) is 6.54 Å². The number of thiophene rings is 1. The van der Waals surface area contributed by atoms with Crippen molar-refractivity contribution in [2.24, 2.45) is 7.05 Å². The van der Waals surface area contributed by atoms with Gasteiger partial charge in [-0.3, -0.25) is 0 Å². The van der Waals surface area contributed by atoms with Crippen LogP contribution >= 0.6 is 22.9 Å². The Kier molecular flexibility index (Phi) is 4.20. The van der Waals surface area contributed by atoms with Crippen molar-refractivity contribution < 1.29 is 0 Å². The van der Waals surface area contributed by atoms with Crippen molar-refractivity contribution in [3.63, 3.8) is 0 Å². The summed E-state index contributed by atoms with van der Waals surface area (Å²) in [5.41, 5.74) is 0. The van der Waals surface area contributed by atoms with E-state index in [4.69, 9.17) is 11.6 Å². The van der Waals surface area contributed by atoms with Crippen LogP contribution in [0.5, 0.6) is 0 Å². The number of aromatic nitrogens is 2. The second-order valence-electron chi connectivity index (χ2n) is 3.92. The number of likely N-dealkylation sites (N-methyl/N-ethyl adjacent to an activating group) is 1. The summed E-state index contributed by atoms with van der Waals surface area (Å²) in [5.74, 6) is 1.07. The standard InChI is InChI=1S/C12H16ClN3S/c1-3-14-10(12-15-6-7-16(12)2)8-9-4-5-11(13)17-9/h4-7,10,14H,3,8H2,1-2H3. The van der Waals surface area contributed by atoms with Crippen LogP contribution in [0.25, 0.3) is 0 Å². The molecule has 1 N–H and O–H groups in total. The average molecular weight is 270 g/mol. The van der Waals surface area contributed by atoms with Gasteiger partial charge >= 0.3 is 0 Å². The number of halogens is 1. The highest BCUT2D eigenvalue weighted by Gasteiger charge is 2.16. The number of imidazole rings is 1. The maximum absolute atomic E-state index is 5.95. The highest BCUT2D eigenvalue weighted by Crippen LogP contribution is 2.25. The van der Waals surface area contributed by atoms with E-state index in [0.717, 1.165) is 23.1 Å². The third-order valence-corrected chi connectivity index (χ3v) is 3.91. The molecule has 1 unspecified atom stereocenters. The molecule has 2 rings (SSSR count). The summed E-state index contributed by atoms with van der Waals surface area (Å²) < 4.78 is 2.90. The van der Waals surface area contributed by atoms with Gasteiger partial charge in [0.15, 0.2) is 0 Å². The number of hydrogen-bond donors (Lipinski definition) is 1. The third-order valence-electron chi connectivity index (χ3n) is 2.65.